The Bertz CT molecular complexity index is 686. The zero-order valence-electron chi connectivity index (χ0n) is 9.48. The number of nitrogens with one attached hydrogen (secondary N) is 1. The number of benzene rings is 1. The number of rotatable bonds is 0. The smallest absolute Gasteiger partial charge is 0.264 e. The number of hydrogen-bond acceptors (Lipinski definition) is 2. The van der Waals surface area contributed by atoms with E-state index in [0.29, 0.717) is 0 Å². The minimum absolute atomic E-state index is 0.822. The van der Waals surface area contributed by atoms with E-state index < -0.39 is 22.2 Å². The number of aromatic amines is 1. The molecule has 1 aromatic carbocycles. The molecule has 3 rings (SSSR count). The van der Waals surface area contributed by atoms with Crippen molar-refractivity contribution in [2.75, 3.05) is 0 Å². The van der Waals surface area contributed by atoms with Crippen molar-refractivity contribution in [3.05, 3.63) is 64.7 Å². The molecule has 0 saturated carbocycles. The summed E-state index contributed by atoms with van der Waals surface area (Å²) in [4.78, 5) is 13.3. The first-order valence-corrected chi connectivity index (χ1v) is 5.21. The van der Waals surface area contributed by atoms with Gasteiger partial charge in [0.2, 0.25) is 5.82 Å². The lowest BCUT2D eigenvalue weighted by atomic mass is 10.2. The summed E-state index contributed by atoms with van der Waals surface area (Å²) < 4.78 is 35.2. The lowest BCUT2D eigenvalue weighted by Gasteiger charge is -1.91. The molecule has 2 heterocycles. The quantitative estimate of drug-likeness (QED) is 0.680. The molecule has 0 bridgehead atoms. The molecule has 0 fully saturated rings. The van der Waals surface area contributed by atoms with Gasteiger partial charge in [0, 0.05) is 11.6 Å². The summed E-state index contributed by atoms with van der Waals surface area (Å²) in [5.41, 5.74) is -0.347. The SMILES string of the molecule is O=c1[nH]n(F)c(F)c1F.c1ccc2ncccc2c1. The minimum atomic E-state index is -1.83. The van der Waals surface area contributed by atoms with Crippen LogP contribution in [0, 0.1) is 11.8 Å². The van der Waals surface area contributed by atoms with Crippen molar-refractivity contribution < 1.29 is 13.3 Å². The molecule has 4 nitrogen and oxygen atoms in total. The van der Waals surface area contributed by atoms with Crippen molar-refractivity contribution in [2.24, 2.45) is 0 Å². The molecule has 0 spiro atoms. The maximum absolute atomic E-state index is 11.8. The van der Waals surface area contributed by atoms with E-state index in [1.165, 1.54) is 10.5 Å². The van der Waals surface area contributed by atoms with Gasteiger partial charge in [0.1, 0.15) is 0 Å². The minimum Gasteiger partial charge on any atom is -0.264 e. The highest BCUT2D eigenvalue weighted by Gasteiger charge is 2.12. The molecule has 7 heteroatoms. The van der Waals surface area contributed by atoms with E-state index in [1.54, 1.807) is 0 Å². The fourth-order valence-electron chi connectivity index (χ4n) is 1.38. The van der Waals surface area contributed by atoms with Gasteiger partial charge in [-0.1, -0.05) is 33.7 Å². The van der Waals surface area contributed by atoms with Crippen LogP contribution in [0.5, 0.6) is 0 Å². The van der Waals surface area contributed by atoms with Crippen LogP contribution in [-0.2, 0) is 0 Å². The van der Waals surface area contributed by atoms with Crippen LogP contribution < -0.4 is 5.56 Å². The lowest BCUT2D eigenvalue weighted by molar-refractivity contribution is 0.246. The summed E-state index contributed by atoms with van der Waals surface area (Å²) in [7, 11) is 0. The monoisotopic (exact) mass is 267 g/mol. The van der Waals surface area contributed by atoms with Crippen LogP contribution in [0.25, 0.3) is 10.9 Å². The highest BCUT2D eigenvalue weighted by atomic mass is 19.2. The fraction of sp³-hybridized carbons (Fsp3) is 0. The summed E-state index contributed by atoms with van der Waals surface area (Å²) in [6.07, 6.45) is 1.81. The molecule has 19 heavy (non-hydrogen) atoms. The van der Waals surface area contributed by atoms with E-state index >= 15 is 0 Å². The van der Waals surface area contributed by atoms with Crippen LogP contribution in [0.15, 0.2) is 47.4 Å². The third-order valence-corrected chi connectivity index (χ3v) is 2.26. The molecule has 0 saturated heterocycles. The number of hydrogen-bond donors (Lipinski definition) is 1. The second-order valence-corrected chi connectivity index (χ2v) is 3.52. The number of fused-ring (bicyclic) bond motifs is 1. The molecule has 0 atom stereocenters. The van der Waals surface area contributed by atoms with Crippen molar-refractivity contribution in [3.8, 4) is 0 Å². The van der Waals surface area contributed by atoms with Crippen LogP contribution in [0.1, 0.15) is 0 Å². The molecule has 0 aliphatic heterocycles. The summed E-state index contributed by atoms with van der Waals surface area (Å²) in [6, 6.07) is 12.1. The Morgan fingerprint density at radius 2 is 1.79 bits per heavy atom. The fourth-order valence-corrected chi connectivity index (χ4v) is 1.38. The van der Waals surface area contributed by atoms with Gasteiger partial charge in [0.25, 0.3) is 5.95 Å². The zero-order valence-corrected chi connectivity index (χ0v) is 9.48. The van der Waals surface area contributed by atoms with E-state index in [9.17, 15) is 18.1 Å². The van der Waals surface area contributed by atoms with E-state index in [4.69, 9.17) is 0 Å². The normalized spacial score (nSPS) is 10.1. The van der Waals surface area contributed by atoms with E-state index in [0.717, 1.165) is 5.52 Å². The first-order valence-electron chi connectivity index (χ1n) is 5.21. The third kappa shape index (κ3) is 2.82. The molecule has 1 N–H and O–H groups in total. The van der Waals surface area contributed by atoms with E-state index in [2.05, 4.69) is 17.1 Å². The summed E-state index contributed by atoms with van der Waals surface area (Å²) in [5.74, 6) is -3.57. The average molecular weight is 267 g/mol. The van der Waals surface area contributed by atoms with Gasteiger partial charge >= 0.3 is 5.56 Å². The molecule has 98 valence electrons. The van der Waals surface area contributed by atoms with Gasteiger partial charge in [-0.2, -0.15) is 8.78 Å². The molecule has 0 aliphatic rings. The molecular weight excluding hydrogens is 259 g/mol. The summed E-state index contributed by atoms with van der Waals surface area (Å²) in [5, 5.41) is 2.42. The van der Waals surface area contributed by atoms with E-state index in [-0.39, 0.29) is 0 Å². The molecule has 0 unspecified atom stereocenters. The molecule has 0 amide bonds. The van der Waals surface area contributed by atoms with Crippen molar-refractivity contribution >= 4 is 10.9 Å². The number of pyridine rings is 1. The summed E-state index contributed by atoms with van der Waals surface area (Å²) >= 11 is 0. The Labute approximate surface area is 105 Å². The van der Waals surface area contributed by atoms with Crippen molar-refractivity contribution in [1.82, 2.24) is 15.0 Å². The van der Waals surface area contributed by atoms with Gasteiger partial charge < -0.3 is 0 Å². The van der Waals surface area contributed by atoms with Crippen LogP contribution in [-0.4, -0.2) is 15.0 Å². The molecule has 0 radical (unpaired) electrons. The Kier molecular flexibility index (Phi) is 3.65. The second kappa shape index (κ2) is 5.38. The summed E-state index contributed by atoms with van der Waals surface area (Å²) in [6.45, 7) is 0. The number of nitrogens with zero attached hydrogens (tertiary/aromatic N) is 2. The molecule has 0 aliphatic carbocycles. The number of para-hydroxylation sites is 1. The Morgan fingerprint density at radius 3 is 2.32 bits per heavy atom. The first kappa shape index (κ1) is 12.9. The largest absolute Gasteiger partial charge is 0.305 e. The van der Waals surface area contributed by atoms with Crippen LogP contribution in [0.4, 0.5) is 13.3 Å². The van der Waals surface area contributed by atoms with E-state index in [1.807, 2.05) is 30.5 Å². The zero-order chi connectivity index (χ0) is 13.8. The number of H-pyrrole nitrogens is 1. The lowest BCUT2D eigenvalue weighted by Crippen LogP contribution is -2.03. The maximum atomic E-state index is 11.8. The van der Waals surface area contributed by atoms with Gasteiger partial charge in [-0.25, -0.2) is 5.10 Å². The van der Waals surface area contributed by atoms with Crippen molar-refractivity contribution in [1.29, 1.82) is 0 Å². The standard InChI is InChI=1S/C9H7N.C3HF3N2O/c1-2-6-9-8(4-1)5-3-7-10-9;4-1-2(5)8(6)7-3(1)9/h1-7H;(H,7,9). The predicted octanol–water partition coefficient (Wildman–Crippen LogP) is 2.42. The van der Waals surface area contributed by atoms with Gasteiger partial charge in [0.15, 0.2) is 0 Å². The third-order valence-electron chi connectivity index (χ3n) is 2.26. The predicted molar refractivity (Wildman–Crippen MR) is 63.2 cm³/mol. The molecule has 3 aromatic rings. The molecule has 2 aromatic heterocycles. The second-order valence-electron chi connectivity index (χ2n) is 3.52. The van der Waals surface area contributed by atoms with Crippen LogP contribution in [0.3, 0.4) is 0 Å². The Morgan fingerprint density at radius 1 is 1.11 bits per heavy atom. The average Bonchev–Trinajstić information content (AvgIpc) is 2.66. The Hall–Kier alpha value is -2.57. The van der Waals surface area contributed by atoms with Crippen molar-refractivity contribution in [2.45, 2.75) is 0 Å². The molecular formula is C12H8F3N3O. The topological polar surface area (TPSA) is 50.7 Å². The highest BCUT2D eigenvalue weighted by molar-refractivity contribution is 5.77. The van der Waals surface area contributed by atoms with Crippen LogP contribution >= 0.6 is 0 Å². The van der Waals surface area contributed by atoms with Crippen molar-refractivity contribution in [3.63, 3.8) is 0 Å². The maximum Gasteiger partial charge on any atom is 0.305 e. The first-order chi connectivity index (χ1) is 9.09. The van der Waals surface area contributed by atoms with Gasteiger partial charge in [-0.05, 0) is 12.1 Å². The Balaban J connectivity index is 0.000000141. The van der Waals surface area contributed by atoms with Crippen LogP contribution in [0.2, 0.25) is 0 Å². The number of aromatic nitrogens is 3. The number of halogens is 3. The van der Waals surface area contributed by atoms with Gasteiger partial charge in [0.05, 0.1) is 5.52 Å². The highest BCUT2D eigenvalue weighted by Crippen LogP contribution is 2.07. The van der Waals surface area contributed by atoms with Gasteiger partial charge in [-0.3, -0.25) is 9.78 Å². The van der Waals surface area contributed by atoms with Gasteiger partial charge in [-0.15, -0.1) is 0 Å².